The molecule has 0 aromatic heterocycles. The summed E-state index contributed by atoms with van der Waals surface area (Å²) >= 11 is 0. The Morgan fingerprint density at radius 1 is 1.25 bits per heavy atom. The van der Waals surface area contributed by atoms with E-state index in [9.17, 15) is 0 Å². The molecule has 0 radical (unpaired) electrons. The fourth-order valence-corrected chi connectivity index (χ4v) is 1.15. The number of rotatable bonds is 0. The molecular formula is C8H8ClN3. The molecule has 0 aliphatic carbocycles. The Bertz CT molecular complexity index is 330. The molecule has 0 saturated heterocycles. The molecule has 12 heavy (non-hydrogen) atoms. The summed E-state index contributed by atoms with van der Waals surface area (Å²) in [5.41, 5.74) is 2.79. The van der Waals surface area contributed by atoms with Gasteiger partial charge in [0.2, 0.25) is 0 Å². The fourth-order valence-electron chi connectivity index (χ4n) is 1.15. The molecule has 2 N–H and O–H groups in total. The number of nitrogens with one attached hydrogen (secondary N) is 2. The predicted octanol–water partition coefficient (Wildman–Crippen LogP) is 1.77. The van der Waals surface area contributed by atoms with Crippen LogP contribution in [0.4, 0.5) is 11.4 Å². The Hall–Kier alpha value is -1.40. The highest BCUT2D eigenvalue weighted by molar-refractivity contribution is 5.85. The van der Waals surface area contributed by atoms with Gasteiger partial charge in [-0.25, -0.2) is 0 Å². The molecule has 62 valence electrons. The summed E-state index contributed by atoms with van der Waals surface area (Å²) in [6.45, 7) is 0.754. The van der Waals surface area contributed by atoms with Crippen LogP contribution in [0.25, 0.3) is 0 Å². The predicted molar refractivity (Wildman–Crippen MR) is 50.5 cm³/mol. The van der Waals surface area contributed by atoms with Gasteiger partial charge >= 0.3 is 0 Å². The second kappa shape index (κ2) is 3.33. The zero-order valence-corrected chi connectivity index (χ0v) is 7.11. The normalized spacial score (nSPS) is 11.6. The molecule has 4 heteroatoms. The number of hydrogen-bond acceptors (Lipinski definition) is 3. The molecule has 1 heterocycles. The summed E-state index contributed by atoms with van der Waals surface area (Å²) in [6.07, 6.45) is 0. The van der Waals surface area contributed by atoms with Gasteiger partial charge in [0.25, 0.3) is 0 Å². The van der Waals surface area contributed by atoms with Gasteiger partial charge in [-0.2, -0.15) is 5.26 Å². The van der Waals surface area contributed by atoms with Crippen LogP contribution in [0, 0.1) is 11.3 Å². The third kappa shape index (κ3) is 1.29. The maximum atomic E-state index is 8.57. The maximum Gasteiger partial charge on any atom is 0.0992 e. The third-order valence-electron chi connectivity index (χ3n) is 1.71. The van der Waals surface area contributed by atoms with E-state index in [1.807, 2.05) is 12.1 Å². The lowest BCUT2D eigenvalue weighted by Gasteiger charge is -1.96. The second-order valence-corrected chi connectivity index (χ2v) is 2.40. The van der Waals surface area contributed by atoms with Gasteiger partial charge in [-0.05, 0) is 18.2 Å². The number of hydrogen-bond donors (Lipinski definition) is 2. The molecule has 0 bridgehead atoms. The van der Waals surface area contributed by atoms with Crippen molar-refractivity contribution in [3.63, 3.8) is 0 Å². The molecule has 0 fully saturated rings. The molecule has 3 nitrogen and oxygen atoms in total. The molecule has 0 unspecified atom stereocenters. The minimum absolute atomic E-state index is 0. The fraction of sp³-hybridized carbons (Fsp3) is 0.125. The van der Waals surface area contributed by atoms with E-state index < -0.39 is 0 Å². The first kappa shape index (κ1) is 8.69. The van der Waals surface area contributed by atoms with Crippen LogP contribution in [0.5, 0.6) is 0 Å². The summed E-state index contributed by atoms with van der Waals surface area (Å²) in [6, 6.07) is 7.65. The average molecular weight is 182 g/mol. The molecule has 0 spiro atoms. The van der Waals surface area contributed by atoms with Gasteiger partial charge in [0, 0.05) is 0 Å². The van der Waals surface area contributed by atoms with Crippen molar-refractivity contribution in [1.82, 2.24) is 0 Å². The van der Waals surface area contributed by atoms with E-state index in [1.54, 1.807) is 6.07 Å². The zero-order valence-electron chi connectivity index (χ0n) is 6.29. The van der Waals surface area contributed by atoms with Crippen LogP contribution in [0.1, 0.15) is 5.56 Å². The van der Waals surface area contributed by atoms with E-state index in [0.29, 0.717) is 5.56 Å². The first-order valence-corrected chi connectivity index (χ1v) is 3.42. The van der Waals surface area contributed by atoms with Gasteiger partial charge in [0.1, 0.15) is 0 Å². The summed E-state index contributed by atoms with van der Waals surface area (Å²) in [5, 5.41) is 14.8. The Morgan fingerprint density at radius 3 is 2.75 bits per heavy atom. The minimum Gasteiger partial charge on any atom is -0.366 e. The first-order chi connectivity index (χ1) is 5.40. The summed E-state index contributed by atoms with van der Waals surface area (Å²) in [5.74, 6) is 0. The highest BCUT2D eigenvalue weighted by atomic mass is 35.5. The lowest BCUT2D eigenvalue weighted by atomic mass is 10.2. The van der Waals surface area contributed by atoms with Crippen molar-refractivity contribution >= 4 is 23.8 Å². The molecule has 0 atom stereocenters. The number of anilines is 2. The topological polar surface area (TPSA) is 47.9 Å². The summed E-state index contributed by atoms with van der Waals surface area (Å²) < 4.78 is 0. The van der Waals surface area contributed by atoms with Gasteiger partial charge in [-0.1, -0.05) is 0 Å². The highest BCUT2D eigenvalue weighted by Crippen LogP contribution is 2.26. The van der Waals surface area contributed by atoms with Gasteiger partial charge in [-0.15, -0.1) is 12.4 Å². The van der Waals surface area contributed by atoms with Gasteiger partial charge in [0.05, 0.1) is 29.7 Å². The molecular weight excluding hydrogens is 174 g/mol. The molecule has 1 aromatic rings. The Balaban J connectivity index is 0.000000720. The van der Waals surface area contributed by atoms with Gasteiger partial charge in [0.15, 0.2) is 0 Å². The van der Waals surface area contributed by atoms with Crippen molar-refractivity contribution < 1.29 is 0 Å². The standard InChI is InChI=1S/C8H7N3.ClH/c9-4-6-1-2-7-8(3-6)11-5-10-7;/h1-3,10-11H,5H2;1H. The van der Waals surface area contributed by atoms with Crippen molar-refractivity contribution in [1.29, 1.82) is 5.26 Å². The number of nitrogens with zero attached hydrogens (tertiary/aromatic N) is 1. The minimum atomic E-state index is 0. The summed E-state index contributed by atoms with van der Waals surface area (Å²) in [4.78, 5) is 0. The average Bonchev–Trinajstić information content (AvgIpc) is 2.50. The van der Waals surface area contributed by atoms with Crippen molar-refractivity contribution in [3.05, 3.63) is 23.8 Å². The first-order valence-electron chi connectivity index (χ1n) is 3.42. The van der Waals surface area contributed by atoms with E-state index in [2.05, 4.69) is 16.7 Å². The van der Waals surface area contributed by atoms with Crippen molar-refractivity contribution in [2.24, 2.45) is 0 Å². The lowest BCUT2D eigenvalue weighted by Crippen LogP contribution is -1.98. The highest BCUT2D eigenvalue weighted by Gasteiger charge is 2.07. The Morgan fingerprint density at radius 2 is 2.00 bits per heavy atom. The number of halogens is 1. The number of nitriles is 1. The van der Waals surface area contributed by atoms with E-state index in [0.717, 1.165) is 18.0 Å². The number of fused-ring (bicyclic) bond motifs is 1. The lowest BCUT2D eigenvalue weighted by molar-refractivity contribution is 1.31. The van der Waals surface area contributed by atoms with Crippen LogP contribution >= 0.6 is 12.4 Å². The Labute approximate surface area is 76.8 Å². The monoisotopic (exact) mass is 181 g/mol. The van der Waals surface area contributed by atoms with Crippen LogP contribution in [-0.4, -0.2) is 6.67 Å². The zero-order chi connectivity index (χ0) is 7.68. The third-order valence-corrected chi connectivity index (χ3v) is 1.71. The van der Waals surface area contributed by atoms with E-state index in [-0.39, 0.29) is 12.4 Å². The van der Waals surface area contributed by atoms with Crippen LogP contribution in [0.3, 0.4) is 0 Å². The number of benzene rings is 1. The van der Waals surface area contributed by atoms with E-state index >= 15 is 0 Å². The van der Waals surface area contributed by atoms with E-state index in [1.165, 1.54) is 0 Å². The SMILES string of the molecule is Cl.N#Cc1ccc2c(c1)NCN2. The van der Waals surface area contributed by atoms with Crippen molar-refractivity contribution in [2.45, 2.75) is 0 Å². The second-order valence-electron chi connectivity index (χ2n) is 2.40. The van der Waals surface area contributed by atoms with Crippen LogP contribution in [-0.2, 0) is 0 Å². The Kier molecular flexibility index (Phi) is 2.41. The van der Waals surface area contributed by atoms with Crippen molar-refractivity contribution in [2.75, 3.05) is 17.3 Å². The van der Waals surface area contributed by atoms with Gasteiger partial charge in [-0.3, -0.25) is 0 Å². The molecule has 1 aliphatic heterocycles. The maximum absolute atomic E-state index is 8.57. The summed E-state index contributed by atoms with van der Waals surface area (Å²) in [7, 11) is 0. The van der Waals surface area contributed by atoms with Crippen LogP contribution in [0.15, 0.2) is 18.2 Å². The van der Waals surface area contributed by atoms with Gasteiger partial charge < -0.3 is 10.6 Å². The van der Waals surface area contributed by atoms with Crippen LogP contribution < -0.4 is 10.6 Å². The smallest absolute Gasteiger partial charge is 0.0992 e. The molecule has 0 saturated carbocycles. The van der Waals surface area contributed by atoms with Crippen molar-refractivity contribution in [3.8, 4) is 6.07 Å². The molecule has 2 rings (SSSR count). The molecule has 1 aliphatic rings. The largest absolute Gasteiger partial charge is 0.366 e. The quantitative estimate of drug-likeness (QED) is 0.642. The van der Waals surface area contributed by atoms with E-state index in [4.69, 9.17) is 5.26 Å². The van der Waals surface area contributed by atoms with Crippen LogP contribution in [0.2, 0.25) is 0 Å². The molecule has 0 amide bonds. The molecule has 1 aromatic carbocycles.